The molecule has 0 spiro atoms. The van der Waals surface area contributed by atoms with Gasteiger partial charge in [0.15, 0.2) is 0 Å². The molecule has 0 saturated heterocycles. The highest BCUT2D eigenvalue weighted by Crippen LogP contribution is 2.26. The molecule has 5 nitrogen and oxygen atoms in total. The molecule has 0 aromatic heterocycles. The lowest BCUT2D eigenvalue weighted by atomic mass is 10.1. The molecule has 1 N–H and O–H groups in total. The highest BCUT2D eigenvalue weighted by atomic mass is 79.9. The molecule has 0 aliphatic carbocycles. The first-order chi connectivity index (χ1) is 16.1. The van der Waals surface area contributed by atoms with Crippen LogP contribution in [0, 0.1) is 20.8 Å². The van der Waals surface area contributed by atoms with E-state index in [4.69, 9.17) is 0 Å². The third kappa shape index (κ3) is 6.56. The van der Waals surface area contributed by atoms with E-state index in [1.165, 1.54) is 4.31 Å². The number of benzene rings is 3. The van der Waals surface area contributed by atoms with Gasteiger partial charge in [-0.25, -0.2) is 8.42 Å². The van der Waals surface area contributed by atoms with Crippen molar-refractivity contribution in [3.05, 3.63) is 99.0 Å². The summed E-state index contributed by atoms with van der Waals surface area (Å²) >= 11 is 3.41. The standard InChI is InChI=1S/C27H31BrN2O3S/c1-19-16-20(2)27(21(3)17-19)34(32,33)30(15-14-23-8-6-5-7-9-23)18-26(31)29-22(4)24-10-12-25(28)13-11-24/h5-13,16-17,22H,14-15,18H2,1-4H3,(H,29,31). The van der Waals surface area contributed by atoms with E-state index >= 15 is 0 Å². The highest BCUT2D eigenvalue weighted by Gasteiger charge is 2.30. The molecule has 0 heterocycles. The van der Waals surface area contributed by atoms with Gasteiger partial charge in [-0.2, -0.15) is 4.31 Å². The number of carbonyl (C=O) groups is 1. The maximum Gasteiger partial charge on any atom is 0.244 e. The second-order valence-electron chi connectivity index (χ2n) is 8.64. The minimum atomic E-state index is -3.88. The van der Waals surface area contributed by atoms with Gasteiger partial charge in [-0.3, -0.25) is 4.79 Å². The molecule has 0 radical (unpaired) electrons. The lowest BCUT2D eigenvalue weighted by Crippen LogP contribution is -2.42. The number of rotatable bonds is 9. The summed E-state index contributed by atoms with van der Waals surface area (Å²) in [6, 6.07) is 20.9. The van der Waals surface area contributed by atoms with E-state index in [-0.39, 0.29) is 29.9 Å². The Hall–Kier alpha value is -2.48. The average molecular weight is 544 g/mol. The molecule has 0 saturated carbocycles. The summed E-state index contributed by atoms with van der Waals surface area (Å²) in [5, 5.41) is 2.95. The van der Waals surface area contributed by atoms with Gasteiger partial charge in [0.25, 0.3) is 0 Å². The molecule has 7 heteroatoms. The van der Waals surface area contributed by atoms with E-state index in [2.05, 4.69) is 21.2 Å². The second-order valence-corrected chi connectivity index (χ2v) is 11.4. The third-order valence-electron chi connectivity index (χ3n) is 5.76. The molecule has 34 heavy (non-hydrogen) atoms. The highest BCUT2D eigenvalue weighted by molar-refractivity contribution is 9.10. The summed E-state index contributed by atoms with van der Waals surface area (Å²) in [5.74, 6) is -0.338. The van der Waals surface area contributed by atoms with Crippen LogP contribution < -0.4 is 5.32 Å². The molecule has 1 atom stereocenters. The summed E-state index contributed by atoms with van der Waals surface area (Å²) in [4.78, 5) is 13.3. The first kappa shape index (κ1) is 26.1. The first-order valence-corrected chi connectivity index (χ1v) is 13.5. The van der Waals surface area contributed by atoms with E-state index in [1.807, 2.05) is 80.6 Å². The van der Waals surface area contributed by atoms with Crippen LogP contribution in [0.3, 0.4) is 0 Å². The van der Waals surface area contributed by atoms with Gasteiger partial charge >= 0.3 is 0 Å². The van der Waals surface area contributed by atoms with Crippen molar-refractivity contribution in [2.75, 3.05) is 13.1 Å². The van der Waals surface area contributed by atoms with Crippen molar-refractivity contribution < 1.29 is 13.2 Å². The van der Waals surface area contributed by atoms with Crippen molar-refractivity contribution in [1.82, 2.24) is 9.62 Å². The van der Waals surface area contributed by atoms with Crippen LogP contribution in [0.25, 0.3) is 0 Å². The number of amides is 1. The molecule has 0 bridgehead atoms. The van der Waals surface area contributed by atoms with E-state index < -0.39 is 10.0 Å². The third-order valence-corrected chi connectivity index (χ3v) is 8.44. The molecule has 1 amide bonds. The minimum absolute atomic E-state index is 0.208. The van der Waals surface area contributed by atoms with Gasteiger partial charge in [0.1, 0.15) is 0 Å². The van der Waals surface area contributed by atoms with Gasteiger partial charge < -0.3 is 5.32 Å². The summed E-state index contributed by atoms with van der Waals surface area (Å²) in [6.45, 7) is 7.40. The van der Waals surface area contributed by atoms with Crippen LogP contribution in [0.2, 0.25) is 0 Å². The van der Waals surface area contributed by atoms with Gasteiger partial charge in [-0.05, 0) is 68.5 Å². The fourth-order valence-corrected chi connectivity index (χ4v) is 6.24. The number of hydrogen-bond donors (Lipinski definition) is 1. The average Bonchev–Trinajstić information content (AvgIpc) is 2.76. The van der Waals surface area contributed by atoms with Crippen molar-refractivity contribution in [2.24, 2.45) is 0 Å². The van der Waals surface area contributed by atoms with E-state index in [0.29, 0.717) is 17.5 Å². The number of aryl methyl sites for hydroxylation is 3. The zero-order valence-electron chi connectivity index (χ0n) is 20.0. The van der Waals surface area contributed by atoms with Crippen LogP contribution >= 0.6 is 15.9 Å². The quantitative estimate of drug-likeness (QED) is 0.389. The van der Waals surface area contributed by atoms with E-state index in [1.54, 1.807) is 13.8 Å². The van der Waals surface area contributed by atoms with Gasteiger partial charge in [-0.15, -0.1) is 0 Å². The fraction of sp³-hybridized carbons (Fsp3) is 0.296. The Bertz CT molecular complexity index is 1220. The molecule has 0 fully saturated rings. The monoisotopic (exact) mass is 542 g/mol. The summed E-state index contributed by atoms with van der Waals surface area (Å²) < 4.78 is 29.8. The maximum absolute atomic E-state index is 13.8. The molecule has 0 aliphatic heterocycles. The molecule has 3 aromatic carbocycles. The summed E-state index contributed by atoms with van der Waals surface area (Å²) in [5.41, 5.74) is 4.34. The van der Waals surface area contributed by atoms with Crippen LogP contribution in [0.15, 0.2) is 76.1 Å². The van der Waals surface area contributed by atoms with Gasteiger partial charge in [0.2, 0.25) is 15.9 Å². The number of carbonyl (C=O) groups excluding carboxylic acids is 1. The lowest BCUT2D eigenvalue weighted by Gasteiger charge is -2.25. The number of sulfonamides is 1. The molecule has 0 aliphatic rings. The largest absolute Gasteiger partial charge is 0.348 e. The Balaban J connectivity index is 1.85. The summed E-state index contributed by atoms with van der Waals surface area (Å²) in [6.07, 6.45) is 0.513. The van der Waals surface area contributed by atoms with Crippen molar-refractivity contribution in [1.29, 1.82) is 0 Å². The zero-order valence-corrected chi connectivity index (χ0v) is 22.4. The number of hydrogen-bond acceptors (Lipinski definition) is 3. The SMILES string of the molecule is Cc1cc(C)c(S(=O)(=O)N(CCc2ccccc2)CC(=O)NC(C)c2ccc(Br)cc2)c(C)c1. The number of halogens is 1. The van der Waals surface area contributed by atoms with Gasteiger partial charge in [0, 0.05) is 11.0 Å². The fourth-order valence-electron chi connectivity index (χ4n) is 4.17. The Morgan fingerprint density at radius 1 is 0.971 bits per heavy atom. The number of nitrogens with one attached hydrogen (secondary N) is 1. The maximum atomic E-state index is 13.8. The van der Waals surface area contributed by atoms with Crippen LogP contribution in [0.4, 0.5) is 0 Å². The van der Waals surface area contributed by atoms with E-state index in [0.717, 1.165) is 21.2 Å². The Kier molecular flexibility index (Phi) is 8.68. The van der Waals surface area contributed by atoms with Crippen LogP contribution in [0.1, 0.15) is 40.8 Å². The molecular formula is C27H31BrN2O3S. The van der Waals surface area contributed by atoms with Crippen molar-refractivity contribution >= 4 is 31.9 Å². The predicted octanol–water partition coefficient (Wildman–Crippen LogP) is 5.49. The predicted molar refractivity (Wildman–Crippen MR) is 140 cm³/mol. The first-order valence-electron chi connectivity index (χ1n) is 11.2. The lowest BCUT2D eigenvalue weighted by molar-refractivity contribution is -0.121. The Morgan fingerprint density at radius 3 is 2.15 bits per heavy atom. The smallest absolute Gasteiger partial charge is 0.244 e. The van der Waals surface area contributed by atoms with Crippen LogP contribution in [-0.2, 0) is 21.2 Å². The molecular weight excluding hydrogens is 512 g/mol. The van der Waals surface area contributed by atoms with E-state index in [9.17, 15) is 13.2 Å². The van der Waals surface area contributed by atoms with Crippen molar-refractivity contribution in [3.8, 4) is 0 Å². The van der Waals surface area contributed by atoms with Crippen LogP contribution in [0.5, 0.6) is 0 Å². The molecule has 3 rings (SSSR count). The normalized spacial score (nSPS) is 12.5. The summed E-state index contributed by atoms with van der Waals surface area (Å²) in [7, 11) is -3.88. The minimum Gasteiger partial charge on any atom is -0.348 e. The zero-order chi connectivity index (χ0) is 24.9. The second kappa shape index (κ2) is 11.3. The van der Waals surface area contributed by atoms with Crippen LogP contribution in [-0.4, -0.2) is 31.7 Å². The molecule has 1 unspecified atom stereocenters. The van der Waals surface area contributed by atoms with Crippen molar-refractivity contribution in [3.63, 3.8) is 0 Å². The van der Waals surface area contributed by atoms with Gasteiger partial charge in [-0.1, -0.05) is 76.1 Å². The Labute approximate surface area is 211 Å². The van der Waals surface area contributed by atoms with Crippen molar-refractivity contribution in [2.45, 2.75) is 45.1 Å². The van der Waals surface area contributed by atoms with Gasteiger partial charge in [0.05, 0.1) is 17.5 Å². The topological polar surface area (TPSA) is 66.5 Å². The molecule has 180 valence electrons. The Morgan fingerprint density at radius 2 is 1.56 bits per heavy atom. The number of nitrogens with zero attached hydrogens (tertiary/aromatic N) is 1. The molecule has 3 aromatic rings.